The summed E-state index contributed by atoms with van der Waals surface area (Å²) in [6.45, 7) is 1.89. The highest BCUT2D eigenvalue weighted by atomic mass is 127. The van der Waals surface area contributed by atoms with Crippen LogP contribution >= 0.6 is 34.2 Å². The summed E-state index contributed by atoms with van der Waals surface area (Å²) in [7, 11) is 0. The fraction of sp³-hybridized carbons (Fsp3) is 0.455. The Labute approximate surface area is 132 Å². The van der Waals surface area contributed by atoms with Crippen molar-refractivity contribution in [1.82, 2.24) is 19.5 Å². The van der Waals surface area contributed by atoms with E-state index >= 15 is 0 Å². The Morgan fingerprint density at radius 2 is 2.40 bits per heavy atom. The molecule has 0 aliphatic carbocycles. The Bertz CT molecular complexity index is 677. The molecule has 2 atom stereocenters. The fourth-order valence-electron chi connectivity index (χ4n) is 2.19. The predicted octanol–water partition coefficient (Wildman–Crippen LogP) is 1.93. The van der Waals surface area contributed by atoms with Crippen molar-refractivity contribution in [3.8, 4) is 0 Å². The largest absolute Gasteiger partial charge is 0.458 e. The third-order valence-electron chi connectivity index (χ3n) is 2.95. The predicted molar refractivity (Wildman–Crippen MR) is 78.2 cm³/mol. The minimum atomic E-state index is -0.439. The SMILES string of the molecule is CC(=O)O[C@H]1CCO[C@H]1n1cnc2c(Cl)nc(I)nc21. The summed E-state index contributed by atoms with van der Waals surface area (Å²) in [4.78, 5) is 23.7. The molecular weight excluding hydrogens is 399 g/mol. The first-order valence-electron chi connectivity index (χ1n) is 5.90. The lowest BCUT2D eigenvalue weighted by Gasteiger charge is -2.19. The second-order valence-corrected chi connectivity index (χ2v) is 5.63. The van der Waals surface area contributed by atoms with E-state index in [-0.39, 0.29) is 12.1 Å². The Morgan fingerprint density at radius 1 is 1.60 bits per heavy atom. The zero-order valence-electron chi connectivity index (χ0n) is 10.4. The maximum atomic E-state index is 11.1. The van der Waals surface area contributed by atoms with Gasteiger partial charge in [-0.25, -0.2) is 15.0 Å². The van der Waals surface area contributed by atoms with Gasteiger partial charge in [0.15, 0.2) is 20.9 Å². The molecule has 1 aliphatic heterocycles. The number of ether oxygens (including phenoxy) is 2. The monoisotopic (exact) mass is 408 g/mol. The topological polar surface area (TPSA) is 79.1 Å². The number of hydrogen-bond acceptors (Lipinski definition) is 6. The average Bonchev–Trinajstić information content (AvgIpc) is 2.94. The molecule has 0 spiro atoms. The number of hydrogen-bond donors (Lipinski definition) is 0. The molecule has 2 aromatic heterocycles. The quantitative estimate of drug-likeness (QED) is 0.327. The second-order valence-electron chi connectivity index (χ2n) is 4.31. The van der Waals surface area contributed by atoms with Gasteiger partial charge >= 0.3 is 5.97 Å². The number of nitrogens with zero attached hydrogens (tertiary/aromatic N) is 4. The van der Waals surface area contributed by atoms with Crippen LogP contribution in [0.15, 0.2) is 6.33 Å². The lowest BCUT2D eigenvalue weighted by Crippen LogP contribution is -2.24. The van der Waals surface area contributed by atoms with Crippen molar-refractivity contribution in [3.63, 3.8) is 0 Å². The summed E-state index contributed by atoms with van der Waals surface area (Å²) in [5, 5.41) is 0.292. The minimum Gasteiger partial charge on any atom is -0.458 e. The summed E-state index contributed by atoms with van der Waals surface area (Å²) >= 11 is 8.03. The first-order chi connectivity index (χ1) is 9.56. The molecule has 1 fully saturated rings. The van der Waals surface area contributed by atoms with Crippen LogP contribution in [0, 0.1) is 3.83 Å². The van der Waals surface area contributed by atoms with Gasteiger partial charge in [0.2, 0.25) is 0 Å². The molecule has 20 heavy (non-hydrogen) atoms. The van der Waals surface area contributed by atoms with Crippen LogP contribution in [0.4, 0.5) is 0 Å². The van der Waals surface area contributed by atoms with E-state index in [0.717, 1.165) is 0 Å². The van der Waals surface area contributed by atoms with Gasteiger partial charge in [-0.3, -0.25) is 9.36 Å². The molecule has 3 heterocycles. The molecule has 106 valence electrons. The standard InChI is InChI=1S/C11H10ClIN4O3/c1-5(18)20-6-2-3-19-10(6)17-4-14-7-8(12)15-11(13)16-9(7)17/h4,6,10H,2-3H2,1H3/t6-,10+/m0/s1. The van der Waals surface area contributed by atoms with Crippen molar-refractivity contribution in [3.05, 3.63) is 15.3 Å². The lowest BCUT2D eigenvalue weighted by molar-refractivity contribution is -0.151. The maximum absolute atomic E-state index is 11.1. The van der Waals surface area contributed by atoms with Gasteiger partial charge in [-0.15, -0.1) is 0 Å². The van der Waals surface area contributed by atoms with Crippen molar-refractivity contribution in [1.29, 1.82) is 0 Å². The molecule has 0 radical (unpaired) electrons. The number of aromatic nitrogens is 4. The summed E-state index contributed by atoms with van der Waals surface area (Å²) < 4.78 is 13.1. The number of halogens is 2. The van der Waals surface area contributed by atoms with Crippen LogP contribution < -0.4 is 0 Å². The Kier molecular flexibility index (Phi) is 3.78. The molecule has 3 rings (SSSR count). The normalized spacial score (nSPS) is 22.4. The minimum absolute atomic E-state index is 0.292. The number of carbonyl (C=O) groups excluding carboxylic acids is 1. The van der Waals surface area contributed by atoms with E-state index in [1.54, 1.807) is 10.9 Å². The van der Waals surface area contributed by atoms with E-state index in [9.17, 15) is 4.79 Å². The van der Waals surface area contributed by atoms with Crippen LogP contribution in [-0.4, -0.2) is 38.2 Å². The van der Waals surface area contributed by atoms with Gasteiger partial charge in [-0.2, -0.15) is 0 Å². The Balaban J connectivity index is 2.03. The second kappa shape index (κ2) is 5.41. The van der Waals surface area contributed by atoms with E-state index in [4.69, 9.17) is 21.1 Å². The smallest absolute Gasteiger partial charge is 0.303 e. The van der Waals surface area contributed by atoms with Crippen molar-refractivity contribution >= 4 is 51.3 Å². The molecule has 9 heteroatoms. The van der Waals surface area contributed by atoms with E-state index in [1.165, 1.54) is 6.92 Å². The number of carbonyl (C=O) groups is 1. The summed E-state index contributed by atoms with van der Waals surface area (Å²) in [6, 6.07) is 0. The maximum Gasteiger partial charge on any atom is 0.303 e. The Morgan fingerprint density at radius 3 is 3.15 bits per heavy atom. The van der Waals surface area contributed by atoms with Crippen molar-refractivity contribution in [2.45, 2.75) is 25.7 Å². The lowest BCUT2D eigenvalue weighted by atomic mass is 10.2. The first-order valence-corrected chi connectivity index (χ1v) is 7.36. The van der Waals surface area contributed by atoms with Crippen LogP contribution in [-0.2, 0) is 14.3 Å². The van der Waals surface area contributed by atoms with E-state index in [1.807, 2.05) is 22.6 Å². The van der Waals surface area contributed by atoms with Crippen LogP contribution in [0.1, 0.15) is 19.6 Å². The highest BCUT2D eigenvalue weighted by molar-refractivity contribution is 14.1. The number of rotatable bonds is 2. The van der Waals surface area contributed by atoms with Gasteiger partial charge in [-0.1, -0.05) is 11.6 Å². The third kappa shape index (κ3) is 2.47. The van der Waals surface area contributed by atoms with Crippen LogP contribution in [0.25, 0.3) is 11.2 Å². The third-order valence-corrected chi connectivity index (χ3v) is 3.70. The Hall–Kier alpha value is -1.000. The van der Waals surface area contributed by atoms with Crippen LogP contribution in [0.3, 0.4) is 0 Å². The van der Waals surface area contributed by atoms with Gasteiger partial charge in [-0.05, 0) is 0 Å². The number of imidazole rings is 1. The average molecular weight is 409 g/mol. The van der Waals surface area contributed by atoms with Crippen LogP contribution in [0.2, 0.25) is 5.15 Å². The van der Waals surface area contributed by atoms with E-state index in [2.05, 4.69) is 15.0 Å². The molecule has 0 bridgehead atoms. The van der Waals surface area contributed by atoms with Crippen molar-refractivity contribution in [2.75, 3.05) is 6.61 Å². The van der Waals surface area contributed by atoms with Gasteiger partial charge in [0, 0.05) is 35.9 Å². The zero-order chi connectivity index (χ0) is 14.3. The molecular formula is C11H10ClIN4O3. The number of fused-ring (bicyclic) bond motifs is 1. The highest BCUT2D eigenvalue weighted by Gasteiger charge is 2.34. The summed E-state index contributed by atoms with van der Waals surface area (Å²) in [5.74, 6) is -0.336. The van der Waals surface area contributed by atoms with Gasteiger partial charge in [0.1, 0.15) is 11.6 Å². The fourth-order valence-corrected chi connectivity index (χ4v) is 3.01. The molecule has 0 saturated carbocycles. The number of esters is 1. The molecule has 2 aromatic rings. The molecule has 0 unspecified atom stereocenters. The van der Waals surface area contributed by atoms with Gasteiger partial charge < -0.3 is 9.47 Å². The molecule has 1 aliphatic rings. The van der Waals surface area contributed by atoms with Gasteiger partial charge in [0.25, 0.3) is 0 Å². The molecule has 7 nitrogen and oxygen atoms in total. The summed E-state index contributed by atoms with van der Waals surface area (Å²) in [6.07, 6.45) is 1.43. The molecule has 1 saturated heterocycles. The van der Waals surface area contributed by atoms with E-state index < -0.39 is 6.23 Å². The molecule has 0 N–H and O–H groups in total. The van der Waals surface area contributed by atoms with Crippen molar-refractivity contribution < 1.29 is 14.3 Å². The van der Waals surface area contributed by atoms with Crippen molar-refractivity contribution in [2.24, 2.45) is 0 Å². The van der Waals surface area contributed by atoms with E-state index in [0.29, 0.717) is 33.2 Å². The summed E-state index contributed by atoms with van der Waals surface area (Å²) in [5.41, 5.74) is 1.07. The van der Waals surface area contributed by atoms with Gasteiger partial charge in [0.05, 0.1) is 12.9 Å². The van der Waals surface area contributed by atoms with Crippen LogP contribution in [0.5, 0.6) is 0 Å². The molecule has 0 aromatic carbocycles. The zero-order valence-corrected chi connectivity index (χ0v) is 13.3. The highest BCUT2D eigenvalue weighted by Crippen LogP contribution is 2.30. The first kappa shape index (κ1) is 14.0. The molecule has 0 amide bonds.